The molecule has 10 rings (SSSR count). The molecule has 8 aromatic carbocycles. The van der Waals surface area contributed by atoms with Crippen molar-refractivity contribution in [3.63, 3.8) is 0 Å². The molecule has 0 fully saturated rings. The SMILES string of the molecule is c1ccc(C2N=C(c3cccc(-c4cc5c(oc6cccc(-c7ccc8ccccc8c7)c65)c5ccccc45)c3)NC(c3ccccc3)N2)cc1. The Morgan fingerprint density at radius 1 is 0.471 bits per heavy atom. The van der Waals surface area contributed by atoms with E-state index in [0.29, 0.717) is 0 Å². The Labute approximate surface area is 295 Å². The molecule has 9 aromatic rings. The Kier molecular flexibility index (Phi) is 7.00. The number of aliphatic imine (C=N–C) groups is 1. The average molecular weight is 656 g/mol. The summed E-state index contributed by atoms with van der Waals surface area (Å²) in [7, 11) is 0. The van der Waals surface area contributed by atoms with Gasteiger partial charge in [0.1, 0.15) is 29.3 Å². The first kappa shape index (κ1) is 29.4. The van der Waals surface area contributed by atoms with Crippen LogP contribution in [0.3, 0.4) is 0 Å². The summed E-state index contributed by atoms with van der Waals surface area (Å²) in [4.78, 5) is 5.22. The first-order chi connectivity index (χ1) is 25.3. The van der Waals surface area contributed by atoms with Crippen molar-refractivity contribution in [1.29, 1.82) is 0 Å². The van der Waals surface area contributed by atoms with Crippen molar-refractivity contribution in [3.05, 3.63) is 193 Å². The van der Waals surface area contributed by atoms with E-state index >= 15 is 0 Å². The lowest BCUT2D eigenvalue weighted by atomic mass is 9.92. The van der Waals surface area contributed by atoms with Crippen molar-refractivity contribution < 1.29 is 4.42 Å². The van der Waals surface area contributed by atoms with Gasteiger partial charge in [-0.15, -0.1) is 0 Å². The second-order valence-electron chi connectivity index (χ2n) is 13.2. The maximum absolute atomic E-state index is 6.70. The maximum Gasteiger partial charge on any atom is 0.143 e. The van der Waals surface area contributed by atoms with Gasteiger partial charge in [-0.2, -0.15) is 0 Å². The highest BCUT2D eigenvalue weighted by Gasteiger charge is 2.26. The molecule has 0 saturated heterocycles. The van der Waals surface area contributed by atoms with Gasteiger partial charge >= 0.3 is 0 Å². The largest absolute Gasteiger partial charge is 0.455 e. The molecule has 1 aliphatic heterocycles. The molecule has 51 heavy (non-hydrogen) atoms. The van der Waals surface area contributed by atoms with Gasteiger partial charge in [-0.25, -0.2) is 4.99 Å². The Morgan fingerprint density at radius 3 is 2.00 bits per heavy atom. The highest BCUT2D eigenvalue weighted by Crippen LogP contribution is 2.43. The lowest BCUT2D eigenvalue weighted by Gasteiger charge is -2.32. The van der Waals surface area contributed by atoms with Crippen molar-refractivity contribution in [1.82, 2.24) is 10.6 Å². The van der Waals surface area contributed by atoms with Gasteiger partial charge < -0.3 is 9.73 Å². The zero-order valence-electron chi connectivity index (χ0n) is 27.8. The smallest absolute Gasteiger partial charge is 0.143 e. The number of amidine groups is 1. The monoisotopic (exact) mass is 655 g/mol. The molecule has 0 amide bonds. The summed E-state index contributed by atoms with van der Waals surface area (Å²) >= 11 is 0. The van der Waals surface area contributed by atoms with Gasteiger partial charge in [0.05, 0.1) is 0 Å². The Morgan fingerprint density at radius 2 is 1.16 bits per heavy atom. The fourth-order valence-corrected chi connectivity index (χ4v) is 7.65. The lowest BCUT2D eigenvalue weighted by Crippen LogP contribution is -2.44. The first-order valence-corrected chi connectivity index (χ1v) is 17.4. The molecule has 2 atom stereocenters. The van der Waals surface area contributed by atoms with E-state index in [-0.39, 0.29) is 12.3 Å². The van der Waals surface area contributed by atoms with Crippen LogP contribution >= 0.6 is 0 Å². The number of furan rings is 1. The predicted molar refractivity (Wildman–Crippen MR) is 211 cm³/mol. The number of benzene rings is 8. The van der Waals surface area contributed by atoms with Gasteiger partial charge in [-0.1, -0.05) is 152 Å². The van der Waals surface area contributed by atoms with Crippen LogP contribution < -0.4 is 10.6 Å². The van der Waals surface area contributed by atoms with E-state index < -0.39 is 0 Å². The van der Waals surface area contributed by atoms with Gasteiger partial charge in [0.25, 0.3) is 0 Å². The molecule has 242 valence electrons. The minimum Gasteiger partial charge on any atom is -0.455 e. The number of nitrogens with one attached hydrogen (secondary N) is 2. The highest BCUT2D eigenvalue weighted by molar-refractivity contribution is 6.22. The van der Waals surface area contributed by atoms with Crippen molar-refractivity contribution >= 4 is 49.3 Å². The highest BCUT2D eigenvalue weighted by atomic mass is 16.3. The van der Waals surface area contributed by atoms with Gasteiger partial charge in [-0.05, 0) is 73.8 Å². The van der Waals surface area contributed by atoms with Crippen LogP contribution in [0.15, 0.2) is 185 Å². The third kappa shape index (κ3) is 5.16. The average Bonchev–Trinajstić information content (AvgIpc) is 3.60. The van der Waals surface area contributed by atoms with Crippen LogP contribution in [-0.4, -0.2) is 5.84 Å². The van der Waals surface area contributed by atoms with Crippen LogP contribution in [0.1, 0.15) is 29.0 Å². The topological polar surface area (TPSA) is 49.6 Å². The van der Waals surface area contributed by atoms with Gasteiger partial charge in [0.2, 0.25) is 0 Å². The molecule has 4 nitrogen and oxygen atoms in total. The van der Waals surface area contributed by atoms with E-state index in [2.05, 4.69) is 180 Å². The summed E-state index contributed by atoms with van der Waals surface area (Å²) in [6, 6.07) is 62.2. The number of nitrogens with zero attached hydrogens (tertiary/aromatic N) is 1. The molecule has 1 aliphatic rings. The molecule has 0 radical (unpaired) electrons. The second-order valence-corrected chi connectivity index (χ2v) is 13.2. The first-order valence-electron chi connectivity index (χ1n) is 17.4. The van der Waals surface area contributed by atoms with Crippen LogP contribution in [0.4, 0.5) is 0 Å². The molecule has 0 bridgehead atoms. The molecular formula is C47H33N3O. The Hall–Kier alpha value is -6.49. The number of hydrogen-bond donors (Lipinski definition) is 2. The summed E-state index contributed by atoms with van der Waals surface area (Å²) in [6.07, 6.45) is -0.296. The van der Waals surface area contributed by atoms with Crippen LogP contribution in [0, 0.1) is 0 Å². The number of fused-ring (bicyclic) bond motifs is 6. The molecule has 0 aliphatic carbocycles. The maximum atomic E-state index is 6.70. The Bertz CT molecular complexity index is 2770. The molecule has 4 heteroatoms. The molecule has 1 aromatic heterocycles. The molecule has 0 saturated carbocycles. The van der Waals surface area contributed by atoms with Gasteiger partial charge in [0, 0.05) is 21.7 Å². The molecular weight excluding hydrogens is 623 g/mol. The van der Waals surface area contributed by atoms with Gasteiger partial charge in [0.15, 0.2) is 0 Å². The van der Waals surface area contributed by atoms with Gasteiger partial charge in [-0.3, -0.25) is 5.32 Å². The standard InChI is InChI=1S/C47H33N3O/c1-3-14-31(15-4-1)45-48-46(32-16-5-2-6-17-32)50-47(49-45)36-20-11-19-34(28-36)40-29-41-43-37(35-26-25-30-13-7-8-18-33(30)27-35)23-12-24-42(43)51-44(41)39-22-10-9-21-38(39)40/h1-29,45-46,48H,(H,49,50). The summed E-state index contributed by atoms with van der Waals surface area (Å²) < 4.78 is 6.70. The second kappa shape index (κ2) is 12.1. The zero-order chi connectivity index (χ0) is 33.7. The normalized spacial score (nSPS) is 16.0. The van der Waals surface area contributed by atoms with E-state index in [9.17, 15) is 0 Å². The fraction of sp³-hybridized carbons (Fsp3) is 0.0426. The van der Waals surface area contributed by atoms with Crippen molar-refractivity contribution in [2.24, 2.45) is 4.99 Å². The predicted octanol–water partition coefficient (Wildman–Crippen LogP) is 11.6. The lowest BCUT2D eigenvalue weighted by molar-refractivity contribution is 0.409. The zero-order valence-corrected chi connectivity index (χ0v) is 27.8. The molecule has 0 spiro atoms. The van der Waals surface area contributed by atoms with Crippen molar-refractivity contribution in [3.8, 4) is 22.3 Å². The minimum atomic E-state index is -0.195. The minimum absolute atomic E-state index is 0.101. The van der Waals surface area contributed by atoms with Crippen LogP contribution in [0.25, 0.3) is 65.7 Å². The van der Waals surface area contributed by atoms with Crippen molar-refractivity contribution in [2.45, 2.75) is 12.3 Å². The van der Waals surface area contributed by atoms with E-state index in [4.69, 9.17) is 9.41 Å². The fourth-order valence-electron chi connectivity index (χ4n) is 7.65. The number of rotatable bonds is 5. The van der Waals surface area contributed by atoms with E-state index in [1.807, 2.05) is 6.07 Å². The Balaban J connectivity index is 1.14. The van der Waals surface area contributed by atoms with E-state index in [1.165, 1.54) is 21.9 Å². The quantitative estimate of drug-likeness (QED) is 0.194. The third-order valence-electron chi connectivity index (χ3n) is 10.1. The van der Waals surface area contributed by atoms with Crippen LogP contribution in [0.5, 0.6) is 0 Å². The summed E-state index contributed by atoms with van der Waals surface area (Å²) in [5.74, 6) is 0.857. The number of hydrogen-bond acceptors (Lipinski definition) is 4. The summed E-state index contributed by atoms with van der Waals surface area (Å²) in [6.45, 7) is 0. The third-order valence-corrected chi connectivity index (χ3v) is 10.1. The summed E-state index contributed by atoms with van der Waals surface area (Å²) in [5.41, 5.74) is 9.74. The summed E-state index contributed by atoms with van der Waals surface area (Å²) in [5, 5.41) is 14.4. The molecule has 2 unspecified atom stereocenters. The molecule has 2 heterocycles. The van der Waals surface area contributed by atoms with E-state index in [0.717, 1.165) is 66.4 Å². The van der Waals surface area contributed by atoms with Crippen molar-refractivity contribution in [2.75, 3.05) is 0 Å². The van der Waals surface area contributed by atoms with E-state index in [1.54, 1.807) is 0 Å². The molecule has 2 N–H and O–H groups in total. The van der Waals surface area contributed by atoms with Crippen LogP contribution in [-0.2, 0) is 0 Å². The van der Waals surface area contributed by atoms with Crippen LogP contribution in [0.2, 0.25) is 0 Å².